The topological polar surface area (TPSA) is 81.0 Å². The second kappa shape index (κ2) is 3.05. The van der Waals surface area contributed by atoms with Crippen LogP contribution in [0.3, 0.4) is 0 Å². The predicted molar refractivity (Wildman–Crippen MR) is 38.7 cm³/mol. The van der Waals surface area contributed by atoms with Crippen LogP contribution >= 0.6 is 0 Å². The molecule has 1 aromatic rings. The second-order valence-corrected chi connectivity index (χ2v) is 2.05. The number of hydrogen-bond donors (Lipinski definition) is 2. The Hall–Kier alpha value is -1.52. The SMILES string of the molecule is COC(=O)Cc1cnc(N)[nH]1. The fraction of sp³-hybridized carbons (Fsp3) is 0.333. The molecule has 0 aliphatic carbocycles. The summed E-state index contributed by atoms with van der Waals surface area (Å²) < 4.78 is 4.44. The van der Waals surface area contributed by atoms with E-state index >= 15 is 0 Å². The summed E-state index contributed by atoms with van der Waals surface area (Å²) in [4.78, 5) is 17.1. The number of nitrogens with zero attached hydrogens (tertiary/aromatic N) is 1. The van der Waals surface area contributed by atoms with Gasteiger partial charge in [0.25, 0.3) is 0 Å². The minimum atomic E-state index is -0.311. The molecular weight excluding hydrogens is 146 g/mol. The lowest BCUT2D eigenvalue weighted by Gasteiger charge is -1.93. The second-order valence-electron chi connectivity index (χ2n) is 2.05. The number of anilines is 1. The molecule has 1 heterocycles. The number of esters is 1. The molecule has 5 heteroatoms. The number of methoxy groups -OCH3 is 1. The molecule has 60 valence electrons. The van der Waals surface area contributed by atoms with Gasteiger partial charge < -0.3 is 15.5 Å². The largest absolute Gasteiger partial charge is 0.469 e. The van der Waals surface area contributed by atoms with Crippen molar-refractivity contribution in [2.24, 2.45) is 0 Å². The van der Waals surface area contributed by atoms with Crippen molar-refractivity contribution in [1.82, 2.24) is 9.97 Å². The quantitative estimate of drug-likeness (QED) is 0.575. The van der Waals surface area contributed by atoms with E-state index in [2.05, 4.69) is 14.7 Å². The third kappa shape index (κ3) is 1.96. The number of nitrogen functional groups attached to an aromatic ring is 1. The number of imidazole rings is 1. The molecule has 5 nitrogen and oxygen atoms in total. The first kappa shape index (κ1) is 7.59. The Balaban J connectivity index is 2.57. The van der Waals surface area contributed by atoms with Crippen molar-refractivity contribution in [3.05, 3.63) is 11.9 Å². The van der Waals surface area contributed by atoms with Crippen LogP contribution in [0.4, 0.5) is 5.95 Å². The molecule has 0 saturated heterocycles. The minimum Gasteiger partial charge on any atom is -0.469 e. The first-order valence-corrected chi connectivity index (χ1v) is 3.08. The summed E-state index contributed by atoms with van der Waals surface area (Å²) in [5.41, 5.74) is 5.94. The molecule has 0 saturated carbocycles. The van der Waals surface area contributed by atoms with Crippen LogP contribution in [0.25, 0.3) is 0 Å². The van der Waals surface area contributed by atoms with Crippen LogP contribution < -0.4 is 5.73 Å². The number of H-pyrrole nitrogens is 1. The summed E-state index contributed by atoms with van der Waals surface area (Å²) in [5.74, 6) is -0.00227. The number of carbonyl (C=O) groups excluding carboxylic acids is 1. The van der Waals surface area contributed by atoms with E-state index in [9.17, 15) is 4.79 Å². The van der Waals surface area contributed by atoms with Gasteiger partial charge in [0.05, 0.1) is 19.7 Å². The molecule has 1 aromatic heterocycles. The summed E-state index contributed by atoms with van der Waals surface area (Å²) in [6.07, 6.45) is 1.69. The number of nitrogens with two attached hydrogens (primary N) is 1. The van der Waals surface area contributed by atoms with Gasteiger partial charge in [0.2, 0.25) is 0 Å². The molecular formula is C6H9N3O2. The maximum absolute atomic E-state index is 10.7. The lowest BCUT2D eigenvalue weighted by Crippen LogP contribution is -2.04. The summed E-state index contributed by atoms with van der Waals surface area (Å²) in [5, 5.41) is 0. The fourth-order valence-corrected chi connectivity index (χ4v) is 0.694. The Bertz CT molecular complexity index is 256. The van der Waals surface area contributed by atoms with Gasteiger partial charge in [-0.3, -0.25) is 4.79 Å². The average molecular weight is 155 g/mol. The average Bonchev–Trinajstić information content (AvgIpc) is 2.35. The third-order valence-corrected chi connectivity index (χ3v) is 1.21. The maximum Gasteiger partial charge on any atom is 0.311 e. The van der Waals surface area contributed by atoms with Crippen LogP contribution in [0.5, 0.6) is 0 Å². The summed E-state index contributed by atoms with van der Waals surface area (Å²) in [6.45, 7) is 0. The zero-order valence-corrected chi connectivity index (χ0v) is 6.13. The number of nitrogens with one attached hydrogen (secondary N) is 1. The van der Waals surface area contributed by atoms with Crippen molar-refractivity contribution >= 4 is 11.9 Å². The molecule has 0 bridgehead atoms. The summed E-state index contributed by atoms with van der Waals surface area (Å²) >= 11 is 0. The normalized spacial score (nSPS) is 9.55. The molecule has 0 fully saturated rings. The van der Waals surface area contributed by atoms with Gasteiger partial charge in [-0.25, -0.2) is 4.98 Å². The molecule has 1 rings (SSSR count). The highest BCUT2D eigenvalue weighted by Crippen LogP contribution is 1.98. The molecule has 0 aliphatic heterocycles. The predicted octanol–water partition coefficient (Wildman–Crippen LogP) is -0.293. The Labute approximate surface area is 63.6 Å². The molecule has 11 heavy (non-hydrogen) atoms. The highest BCUT2D eigenvalue weighted by molar-refractivity contribution is 5.71. The van der Waals surface area contributed by atoms with Crippen LogP contribution in [0, 0.1) is 0 Å². The van der Waals surface area contributed by atoms with E-state index in [-0.39, 0.29) is 12.4 Å². The van der Waals surface area contributed by atoms with E-state index in [0.29, 0.717) is 11.6 Å². The van der Waals surface area contributed by atoms with E-state index in [0.717, 1.165) is 0 Å². The molecule has 0 aromatic carbocycles. The zero-order chi connectivity index (χ0) is 8.27. The van der Waals surface area contributed by atoms with Gasteiger partial charge in [0, 0.05) is 5.69 Å². The van der Waals surface area contributed by atoms with Crippen LogP contribution in [-0.4, -0.2) is 23.0 Å². The molecule has 0 unspecified atom stereocenters. The fourth-order valence-electron chi connectivity index (χ4n) is 0.694. The summed E-state index contributed by atoms with van der Waals surface area (Å²) in [6, 6.07) is 0. The van der Waals surface area contributed by atoms with Crippen molar-refractivity contribution in [2.75, 3.05) is 12.8 Å². The first-order chi connectivity index (χ1) is 5.22. The lowest BCUT2D eigenvalue weighted by atomic mass is 10.3. The van der Waals surface area contributed by atoms with Crippen molar-refractivity contribution in [3.63, 3.8) is 0 Å². The van der Waals surface area contributed by atoms with Gasteiger partial charge in [-0.2, -0.15) is 0 Å². The number of hydrogen-bond acceptors (Lipinski definition) is 4. The Morgan fingerprint density at radius 1 is 1.91 bits per heavy atom. The van der Waals surface area contributed by atoms with E-state index in [1.54, 1.807) is 0 Å². The van der Waals surface area contributed by atoms with Crippen molar-refractivity contribution < 1.29 is 9.53 Å². The van der Waals surface area contributed by atoms with Crippen LogP contribution in [-0.2, 0) is 16.0 Å². The van der Waals surface area contributed by atoms with Gasteiger partial charge in [0.15, 0.2) is 5.95 Å². The Morgan fingerprint density at radius 2 is 2.64 bits per heavy atom. The first-order valence-electron chi connectivity index (χ1n) is 3.08. The van der Waals surface area contributed by atoms with E-state index in [1.165, 1.54) is 13.3 Å². The van der Waals surface area contributed by atoms with E-state index in [1.807, 2.05) is 0 Å². The number of ether oxygens (including phenoxy) is 1. The van der Waals surface area contributed by atoms with Crippen LogP contribution in [0.1, 0.15) is 5.69 Å². The van der Waals surface area contributed by atoms with Crippen molar-refractivity contribution in [2.45, 2.75) is 6.42 Å². The van der Waals surface area contributed by atoms with Crippen molar-refractivity contribution in [3.8, 4) is 0 Å². The number of aromatic nitrogens is 2. The monoisotopic (exact) mass is 155 g/mol. The molecule has 0 atom stereocenters. The van der Waals surface area contributed by atoms with Gasteiger partial charge in [-0.15, -0.1) is 0 Å². The molecule has 3 N–H and O–H groups in total. The highest BCUT2D eigenvalue weighted by Gasteiger charge is 2.03. The van der Waals surface area contributed by atoms with Gasteiger partial charge in [0.1, 0.15) is 0 Å². The Kier molecular flexibility index (Phi) is 2.10. The van der Waals surface area contributed by atoms with Gasteiger partial charge in [-0.1, -0.05) is 0 Å². The summed E-state index contributed by atoms with van der Waals surface area (Å²) in [7, 11) is 1.34. The number of rotatable bonds is 2. The van der Waals surface area contributed by atoms with Gasteiger partial charge >= 0.3 is 5.97 Å². The third-order valence-electron chi connectivity index (χ3n) is 1.21. The maximum atomic E-state index is 10.7. The molecule has 0 spiro atoms. The zero-order valence-electron chi connectivity index (χ0n) is 6.13. The van der Waals surface area contributed by atoms with Crippen LogP contribution in [0.15, 0.2) is 6.20 Å². The van der Waals surface area contributed by atoms with E-state index in [4.69, 9.17) is 5.73 Å². The van der Waals surface area contributed by atoms with Crippen LogP contribution in [0.2, 0.25) is 0 Å². The van der Waals surface area contributed by atoms with Gasteiger partial charge in [-0.05, 0) is 0 Å². The Morgan fingerprint density at radius 3 is 3.09 bits per heavy atom. The highest BCUT2D eigenvalue weighted by atomic mass is 16.5. The minimum absolute atomic E-state index is 0.181. The molecule has 0 amide bonds. The standard InChI is InChI=1S/C6H9N3O2/c1-11-5(10)2-4-3-8-6(7)9-4/h3H,2H2,1H3,(H3,7,8,9). The lowest BCUT2D eigenvalue weighted by molar-refractivity contribution is -0.139. The van der Waals surface area contributed by atoms with Crippen molar-refractivity contribution in [1.29, 1.82) is 0 Å². The number of carbonyl (C=O) groups is 1. The van der Waals surface area contributed by atoms with E-state index < -0.39 is 0 Å². The molecule has 0 radical (unpaired) electrons. The smallest absolute Gasteiger partial charge is 0.311 e. The number of aromatic amines is 1. The molecule has 0 aliphatic rings.